The Morgan fingerprint density at radius 1 is 1.05 bits per heavy atom. The van der Waals surface area contributed by atoms with Crippen molar-refractivity contribution < 1.29 is 5.11 Å². The van der Waals surface area contributed by atoms with Gasteiger partial charge in [-0.1, -0.05) is 40.2 Å². The van der Waals surface area contributed by atoms with Crippen LogP contribution in [0.15, 0.2) is 58.8 Å². The van der Waals surface area contributed by atoms with Crippen molar-refractivity contribution in [1.29, 1.82) is 5.26 Å². The van der Waals surface area contributed by atoms with Crippen LogP contribution in [-0.2, 0) is 6.54 Å². The van der Waals surface area contributed by atoms with Crippen LogP contribution in [0.5, 0.6) is 0 Å². The molecule has 1 aliphatic rings. The van der Waals surface area contributed by atoms with Crippen LogP contribution in [0.2, 0.25) is 0 Å². The fourth-order valence-corrected chi connectivity index (χ4v) is 2.80. The maximum atomic E-state index is 10.3. The summed E-state index contributed by atoms with van der Waals surface area (Å²) in [4.78, 5) is 2.06. The van der Waals surface area contributed by atoms with E-state index in [1.54, 1.807) is 0 Å². The molecule has 0 fully saturated rings. The predicted octanol–water partition coefficient (Wildman–Crippen LogP) is 4.26. The first-order valence-corrected chi connectivity index (χ1v) is 7.39. The van der Waals surface area contributed by atoms with Gasteiger partial charge in [-0.15, -0.1) is 0 Å². The molecular weight excluding hydrogens is 328 g/mol. The van der Waals surface area contributed by atoms with Crippen LogP contribution in [0.25, 0.3) is 5.57 Å². The summed E-state index contributed by atoms with van der Waals surface area (Å²) in [5.41, 5.74) is 3.24. The molecule has 0 amide bonds. The summed E-state index contributed by atoms with van der Waals surface area (Å²) in [6.07, 6.45) is 0. The van der Waals surface area contributed by atoms with Crippen LogP contribution in [0, 0.1) is 11.3 Å². The van der Waals surface area contributed by atoms with Gasteiger partial charge in [0.15, 0.2) is 0 Å². The van der Waals surface area contributed by atoms with Crippen LogP contribution < -0.4 is 4.90 Å². The molecule has 1 heterocycles. The number of fused-ring (bicyclic) bond motifs is 1. The smallest absolute Gasteiger partial charge is 0.130 e. The minimum atomic E-state index is 0.116. The summed E-state index contributed by atoms with van der Waals surface area (Å²) in [6, 6.07) is 17.8. The number of hydrogen-bond donors (Lipinski definition) is 1. The lowest BCUT2D eigenvalue weighted by molar-refractivity contribution is 0.403. The van der Waals surface area contributed by atoms with E-state index in [2.05, 4.69) is 26.9 Å². The first-order valence-electron chi connectivity index (χ1n) is 6.60. The number of aliphatic hydroxyl groups excluding tert-OH is 1. The first-order chi connectivity index (χ1) is 10.2. The number of aliphatic hydroxyl groups is 1. The van der Waals surface area contributed by atoms with Crippen molar-refractivity contribution in [1.82, 2.24) is 0 Å². The number of halogens is 1. The molecule has 2 aromatic carbocycles. The highest BCUT2D eigenvalue weighted by Gasteiger charge is 2.21. The lowest BCUT2D eigenvalue weighted by Gasteiger charge is -2.23. The van der Waals surface area contributed by atoms with Gasteiger partial charge in [-0.2, -0.15) is 5.26 Å². The lowest BCUT2D eigenvalue weighted by Crippen LogP contribution is -2.24. The van der Waals surface area contributed by atoms with Crippen LogP contribution in [0.3, 0.4) is 0 Å². The molecule has 0 aliphatic carbocycles. The van der Waals surface area contributed by atoms with Crippen molar-refractivity contribution in [2.24, 2.45) is 0 Å². The minimum Gasteiger partial charge on any atom is -0.509 e. The molecule has 4 heteroatoms. The van der Waals surface area contributed by atoms with E-state index >= 15 is 0 Å². The van der Waals surface area contributed by atoms with E-state index in [1.165, 1.54) is 0 Å². The molecule has 1 aliphatic heterocycles. The van der Waals surface area contributed by atoms with Crippen molar-refractivity contribution in [3.05, 3.63) is 69.9 Å². The lowest BCUT2D eigenvalue weighted by atomic mass is 10.0. The number of allylic oxidation sites excluding steroid dienone is 1. The van der Waals surface area contributed by atoms with Crippen molar-refractivity contribution in [3.63, 3.8) is 0 Å². The molecule has 2 aromatic rings. The molecule has 0 unspecified atom stereocenters. The van der Waals surface area contributed by atoms with Gasteiger partial charge in [-0.25, -0.2) is 0 Å². The Morgan fingerprint density at radius 3 is 2.48 bits per heavy atom. The molecule has 0 radical (unpaired) electrons. The van der Waals surface area contributed by atoms with Crippen LogP contribution in [0.4, 0.5) is 5.69 Å². The van der Waals surface area contributed by atoms with Gasteiger partial charge in [0.1, 0.15) is 11.8 Å². The average molecular weight is 341 g/mol. The summed E-state index contributed by atoms with van der Waals surface area (Å²) in [6.45, 7) is 0.992. The molecule has 0 saturated heterocycles. The second kappa shape index (κ2) is 5.63. The molecule has 0 bridgehead atoms. The molecular formula is C17H13BrN2O. The molecule has 0 saturated carbocycles. The molecule has 3 nitrogen and oxygen atoms in total. The van der Waals surface area contributed by atoms with Crippen molar-refractivity contribution >= 4 is 27.2 Å². The molecule has 3 rings (SSSR count). The second-order valence-corrected chi connectivity index (χ2v) is 5.84. The highest BCUT2D eigenvalue weighted by Crippen LogP contribution is 2.29. The van der Waals surface area contributed by atoms with E-state index < -0.39 is 0 Å². The molecule has 1 N–H and O–H groups in total. The number of nitriles is 1. The highest BCUT2D eigenvalue weighted by atomic mass is 79.9. The van der Waals surface area contributed by atoms with Gasteiger partial charge in [-0.3, -0.25) is 0 Å². The number of anilines is 1. The van der Waals surface area contributed by atoms with Crippen LogP contribution >= 0.6 is 15.9 Å². The predicted molar refractivity (Wildman–Crippen MR) is 86.8 cm³/mol. The number of rotatable bonds is 1. The van der Waals surface area contributed by atoms with Crippen molar-refractivity contribution in [2.45, 2.75) is 6.54 Å². The fraction of sp³-hybridized carbons (Fsp3) is 0.118. The van der Waals surface area contributed by atoms with E-state index in [0.717, 1.165) is 21.3 Å². The Labute approximate surface area is 131 Å². The SMILES string of the molecule is N#CC1=C(O)CN(c2ccc(Br)cc2)Cc2ccccc21. The first kappa shape index (κ1) is 13.7. The van der Waals surface area contributed by atoms with E-state index in [1.807, 2.05) is 48.5 Å². The molecule has 0 aromatic heterocycles. The Morgan fingerprint density at radius 2 is 1.76 bits per heavy atom. The van der Waals surface area contributed by atoms with Crippen molar-refractivity contribution in [2.75, 3.05) is 11.4 Å². The van der Waals surface area contributed by atoms with Crippen molar-refractivity contribution in [3.8, 4) is 6.07 Å². The topological polar surface area (TPSA) is 47.3 Å². The van der Waals surface area contributed by atoms with E-state index in [-0.39, 0.29) is 5.76 Å². The van der Waals surface area contributed by atoms with Gasteiger partial charge in [0.05, 0.1) is 12.1 Å². The summed E-state index contributed by atoms with van der Waals surface area (Å²) in [7, 11) is 0. The maximum absolute atomic E-state index is 10.3. The van der Waals surface area contributed by atoms with E-state index in [9.17, 15) is 10.4 Å². The van der Waals surface area contributed by atoms with E-state index in [0.29, 0.717) is 18.7 Å². The van der Waals surface area contributed by atoms with Gasteiger partial charge in [0, 0.05) is 22.3 Å². The standard InChI is InChI=1S/C17H13BrN2O/c18-13-5-7-14(8-6-13)20-10-12-3-1-2-4-15(12)16(9-19)17(21)11-20/h1-8,21H,10-11H2. The zero-order valence-corrected chi connectivity index (χ0v) is 12.8. The monoisotopic (exact) mass is 340 g/mol. The van der Waals surface area contributed by atoms with Gasteiger partial charge in [-0.05, 0) is 29.8 Å². The summed E-state index contributed by atoms with van der Waals surface area (Å²) in [5.74, 6) is 0.116. The second-order valence-electron chi connectivity index (χ2n) is 4.92. The Bertz CT molecular complexity index is 744. The van der Waals surface area contributed by atoms with Crippen LogP contribution in [-0.4, -0.2) is 11.7 Å². The van der Waals surface area contributed by atoms with Crippen LogP contribution in [0.1, 0.15) is 11.1 Å². The zero-order valence-electron chi connectivity index (χ0n) is 11.3. The number of benzene rings is 2. The molecule has 0 spiro atoms. The van der Waals surface area contributed by atoms with Gasteiger partial charge < -0.3 is 10.0 Å². The number of nitrogens with zero attached hydrogens (tertiary/aromatic N) is 2. The average Bonchev–Trinajstić information content (AvgIpc) is 2.63. The zero-order chi connectivity index (χ0) is 14.8. The minimum absolute atomic E-state index is 0.116. The third-order valence-electron chi connectivity index (χ3n) is 3.58. The maximum Gasteiger partial charge on any atom is 0.130 e. The van der Waals surface area contributed by atoms with Gasteiger partial charge >= 0.3 is 0 Å². The summed E-state index contributed by atoms with van der Waals surface area (Å²) in [5, 5.41) is 19.6. The van der Waals surface area contributed by atoms with Gasteiger partial charge in [0.2, 0.25) is 0 Å². The molecule has 21 heavy (non-hydrogen) atoms. The normalized spacial score (nSPS) is 14.4. The Kier molecular flexibility index (Phi) is 3.68. The molecule has 104 valence electrons. The number of hydrogen-bond acceptors (Lipinski definition) is 3. The largest absolute Gasteiger partial charge is 0.509 e. The third-order valence-corrected chi connectivity index (χ3v) is 4.11. The summed E-state index contributed by atoms with van der Waals surface area (Å²) >= 11 is 3.42. The molecule has 0 atom stereocenters. The Balaban J connectivity index is 2.07. The fourth-order valence-electron chi connectivity index (χ4n) is 2.54. The highest BCUT2D eigenvalue weighted by molar-refractivity contribution is 9.10. The quantitative estimate of drug-likeness (QED) is 0.843. The van der Waals surface area contributed by atoms with Gasteiger partial charge in [0.25, 0.3) is 0 Å². The third kappa shape index (κ3) is 2.65. The Hall–Kier alpha value is -2.25. The summed E-state index contributed by atoms with van der Waals surface area (Å²) < 4.78 is 1.01. The van der Waals surface area contributed by atoms with E-state index in [4.69, 9.17) is 0 Å².